The van der Waals surface area contributed by atoms with E-state index in [4.69, 9.17) is 4.74 Å². The highest BCUT2D eigenvalue weighted by Crippen LogP contribution is 2.25. The first kappa shape index (κ1) is 20.6. The first-order valence-corrected chi connectivity index (χ1v) is 9.41. The number of carbonyl (C=O) groups excluding carboxylic acids is 2. The largest absolute Gasteiger partial charge is 0.467 e. The van der Waals surface area contributed by atoms with Gasteiger partial charge in [0, 0.05) is 23.6 Å². The van der Waals surface area contributed by atoms with Crippen molar-refractivity contribution in [3.8, 4) is 0 Å². The van der Waals surface area contributed by atoms with Gasteiger partial charge in [-0.15, -0.1) is 0 Å². The van der Waals surface area contributed by atoms with Crippen LogP contribution >= 0.6 is 0 Å². The van der Waals surface area contributed by atoms with Gasteiger partial charge in [0.15, 0.2) is 0 Å². The molecule has 1 heterocycles. The molecule has 3 aromatic rings. The molecule has 2 aromatic carbocycles. The van der Waals surface area contributed by atoms with E-state index in [0.717, 1.165) is 16.5 Å². The van der Waals surface area contributed by atoms with Crippen molar-refractivity contribution < 1.29 is 18.7 Å². The Kier molecular flexibility index (Phi) is 5.73. The molecule has 6 heteroatoms. The van der Waals surface area contributed by atoms with E-state index in [9.17, 15) is 14.0 Å². The van der Waals surface area contributed by atoms with Crippen molar-refractivity contribution in [2.45, 2.75) is 33.4 Å². The molecule has 0 radical (unpaired) electrons. The van der Waals surface area contributed by atoms with Crippen LogP contribution in [0.25, 0.3) is 10.9 Å². The summed E-state index contributed by atoms with van der Waals surface area (Å²) in [6.45, 7) is 6.10. The number of halogens is 1. The van der Waals surface area contributed by atoms with E-state index in [-0.39, 0.29) is 11.7 Å². The Bertz CT molecular complexity index is 1030. The van der Waals surface area contributed by atoms with Gasteiger partial charge >= 0.3 is 5.97 Å². The van der Waals surface area contributed by atoms with Gasteiger partial charge in [-0.1, -0.05) is 51.1 Å². The molecule has 0 spiro atoms. The molecule has 0 unspecified atom stereocenters. The lowest BCUT2D eigenvalue weighted by atomic mass is 9.86. The smallest absolute Gasteiger partial charge is 0.328 e. The Balaban J connectivity index is 1.96. The number of rotatable bonds is 5. The summed E-state index contributed by atoms with van der Waals surface area (Å²) < 4.78 is 20.0. The van der Waals surface area contributed by atoms with E-state index < -0.39 is 17.4 Å². The number of para-hydroxylation sites is 1. The molecule has 1 amide bonds. The highest BCUT2D eigenvalue weighted by atomic mass is 19.1. The second-order valence-corrected chi connectivity index (χ2v) is 8.11. The zero-order valence-corrected chi connectivity index (χ0v) is 17.0. The lowest BCUT2D eigenvalue weighted by Gasteiger charge is -2.28. The van der Waals surface area contributed by atoms with Crippen molar-refractivity contribution in [2.75, 3.05) is 7.11 Å². The van der Waals surface area contributed by atoms with E-state index >= 15 is 0 Å². The molecular weight excluding hydrogens is 371 g/mol. The van der Waals surface area contributed by atoms with Crippen molar-refractivity contribution in [3.63, 3.8) is 0 Å². The molecule has 0 aliphatic carbocycles. The molecule has 3 rings (SSSR count). The number of methoxy groups -OCH3 is 1. The maximum absolute atomic E-state index is 13.2. The van der Waals surface area contributed by atoms with E-state index in [1.54, 1.807) is 18.3 Å². The molecule has 1 atom stereocenters. The van der Waals surface area contributed by atoms with Crippen LogP contribution in [0.4, 0.5) is 4.39 Å². The zero-order chi connectivity index (χ0) is 21.2. The van der Waals surface area contributed by atoms with Crippen LogP contribution in [0, 0.1) is 11.2 Å². The number of fused-ring (bicyclic) bond motifs is 1. The Hall–Kier alpha value is -3.15. The number of amides is 1. The highest BCUT2D eigenvalue weighted by molar-refractivity contribution is 6.08. The summed E-state index contributed by atoms with van der Waals surface area (Å²) in [4.78, 5) is 25.3. The van der Waals surface area contributed by atoms with Crippen molar-refractivity contribution in [3.05, 3.63) is 71.7 Å². The normalized spacial score (nSPS) is 12.6. The van der Waals surface area contributed by atoms with Crippen LogP contribution in [0.5, 0.6) is 0 Å². The number of benzene rings is 2. The monoisotopic (exact) mass is 396 g/mol. The van der Waals surface area contributed by atoms with E-state index in [2.05, 4.69) is 5.32 Å². The Morgan fingerprint density at radius 2 is 1.76 bits per heavy atom. The number of ether oxygens (including phenoxy) is 1. The molecule has 0 aliphatic heterocycles. The van der Waals surface area contributed by atoms with E-state index in [1.807, 2.05) is 49.6 Å². The maximum Gasteiger partial charge on any atom is 0.328 e. The second-order valence-electron chi connectivity index (χ2n) is 8.11. The van der Waals surface area contributed by atoms with Crippen LogP contribution in [-0.4, -0.2) is 29.6 Å². The molecule has 0 saturated heterocycles. The molecule has 0 saturated carbocycles. The topological polar surface area (TPSA) is 60.3 Å². The molecule has 0 bridgehead atoms. The fourth-order valence-corrected chi connectivity index (χ4v) is 3.30. The standard InChI is InChI=1S/C23H25FN2O3/c1-23(2,3)20(22(28)29-4)25-21(27)18-14-26(19-8-6-5-7-17(18)19)13-15-9-11-16(24)12-10-15/h5-12,14,20H,13H2,1-4H3,(H,25,27)/t20-/m1/s1. The maximum atomic E-state index is 13.2. The lowest BCUT2D eigenvalue weighted by Crippen LogP contribution is -2.49. The molecule has 5 nitrogen and oxygen atoms in total. The predicted octanol–water partition coefficient (Wildman–Crippen LogP) is 4.15. The molecule has 152 valence electrons. The number of esters is 1. The number of nitrogens with one attached hydrogen (secondary N) is 1. The first-order valence-electron chi connectivity index (χ1n) is 9.41. The average molecular weight is 396 g/mol. The summed E-state index contributed by atoms with van der Waals surface area (Å²) in [5.41, 5.74) is 1.77. The number of aromatic nitrogens is 1. The zero-order valence-electron chi connectivity index (χ0n) is 17.0. The summed E-state index contributed by atoms with van der Waals surface area (Å²) >= 11 is 0. The average Bonchev–Trinajstić information content (AvgIpc) is 3.05. The third-order valence-corrected chi connectivity index (χ3v) is 4.88. The van der Waals surface area contributed by atoms with Crippen LogP contribution in [0.2, 0.25) is 0 Å². The molecule has 1 N–H and O–H groups in total. The van der Waals surface area contributed by atoms with Gasteiger partial charge in [-0.05, 0) is 29.2 Å². The van der Waals surface area contributed by atoms with Gasteiger partial charge in [0.25, 0.3) is 5.91 Å². The number of nitrogens with zero attached hydrogens (tertiary/aromatic N) is 1. The van der Waals surface area contributed by atoms with Crippen molar-refractivity contribution >= 4 is 22.8 Å². The van der Waals surface area contributed by atoms with Gasteiger partial charge in [-0.25, -0.2) is 9.18 Å². The minimum atomic E-state index is -0.779. The van der Waals surface area contributed by atoms with Crippen LogP contribution in [0.1, 0.15) is 36.7 Å². The van der Waals surface area contributed by atoms with Crippen LogP contribution in [0.3, 0.4) is 0 Å². The Morgan fingerprint density at radius 1 is 1.10 bits per heavy atom. The third-order valence-electron chi connectivity index (χ3n) is 4.88. The molecule has 0 fully saturated rings. The van der Waals surface area contributed by atoms with Gasteiger partial charge in [0.1, 0.15) is 11.9 Å². The Morgan fingerprint density at radius 3 is 2.38 bits per heavy atom. The van der Waals surface area contributed by atoms with Gasteiger partial charge in [0.05, 0.1) is 12.7 Å². The molecular formula is C23H25FN2O3. The van der Waals surface area contributed by atoms with E-state index in [0.29, 0.717) is 12.1 Å². The SMILES string of the molecule is COC(=O)[C@@H](NC(=O)c1cn(Cc2ccc(F)cc2)c2ccccc12)C(C)(C)C. The van der Waals surface area contributed by atoms with Crippen molar-refractivity contribution in [1.29, 1.82) is 0 Å². The van der Waals surface area contributed by atoms with E-state index in [1.165, 1.54) is 19.2 Å². The molecule has 29 heavy (non-hydrogen) atoms. The van der Waals surface area contributed by atoms with Gasteiger partial charge in [0.2, 0.25) is 0 Å². The molecule has 1 aromatic heterocycles. The van der Waals surface area contributed by atoms with Crippen LogP contribution < -0.4 is 5.32 Å². The minimum Gasteiger partial charge on any atom is -0.467 e. The summed E-state index contributed by atoms with van der Waals surface area (Å²) in [5.74, 6) is -1.12. The summed E-state index contributed by atoms with van der Waals surface area (Å²) in [6.07, 6.45) is 1.76. The summed E-state index contributed by atoms with van der Waals surface area (Å²) in [6, 6.07) is 13.1. The predicted molar refractivity (Wildman–Crippen MR) is 110 cm³/mol. The van der Waals surface area contributed by atoms with Gasteiger partial charge in [-0.2, -0.15) is 0 Å². The Labute approximate surface area is 169 Å². The molecule has 0 aliphatic rings. The van der Waals surface area contributed by atoms with Crippen LogP contribution in [0.15, 0.2) is 54.7 Å². The fourth-order valence-electron chi connectivity index (χ4n) is 3.30. The summed E-state index contributed by atoms with van der Waals surface area (Å²) in [7, 11) is 1.31. The van der Waals surface area contributed by atoms with Gasteiger partial charge in [-0.3, -0.25) is 4.79 Å². The minimum absolute atomic E-state index is 0.290. The number of hydrogen-bond acceptors (Lipinski definition) is 3. The summed E-state index contributed by atoms with van der Waals surface area (Å²) in [5, 5.41) is 3.61. The lowest BCUT2D eigenvalue weighted by molar-refractivity contribution is -0.145. The fraction of sp³-hybridized carbons (Fsp3) is 0.304. The van der Waals surface area contributed by atoms with Crippen molar-refractivity contribution in [1.82, 2.24) is 9.88 Å². The quantitative estimate of drug-likeness (QED) is 0.659. The highest BCUT2D eigenvalue weighted by Gasteiger charge is 2.34. The second kappa shape index (κ2) is 8.07. The first-order chi connectivity index (χ1) is 13.7. The van der Waals surface area contributed by atoms with Crippen LogP contribution in [-0.2, 0) is 16.1 Å². The third kappa shape index (κ3) is 4.47. The number of carbonyl (C=O) groups is 2. The number of hydrogen-bond donors (Lipinski definition) is 1. The van der Waals surface area contributed by atoms with Crippen molar-refractivity contribution in [2.24, 2.45) is 5.41 Å². The van der Waals surface area contributed by atoms with Gasteiger partial charge < -0.3 is 14.6 Å².